The van der Waals surface area contributed by atoms with Crippen LogP contribution in [0.1, 0.15) is 53.4 Å². The molecule has 2 aliphatic rings. The van der Waals surface area contributed by atoms with E-state index in [0.717, 1.165) is 17.8 Å². The molecule has 1 saturated carbocycles. The third-order valence-corrected chi connectivity index (χ3v) is 7.63. The second kappa shape index (κ2) is 7.01. The van der Waals surface area contributed by atoms with Gasteiger partial charge in [0.25, 0.3) is 15.9 Å². The Kier molecular flexibility index (Phi) is 4.68. The Hall–Kier alpha value is -2.33. The normalized spacial score (nSPS) is 19.1. The van der Waals surface area contributed by atoms with E-state index >= 15 is 0 Å². The van der Waals surface area contributed by atoms with Crippen LogP contribution in [-0.4, -0.2) is 41.3 Å². The summed E-state index contributed by atoms with van der Waals surface area (Å²) < 4.78 is 25.6. The first kappa shape index (κ1) is 18.1. The van der Waals surface area contributed by atoms with E-state index in [4.69, 9.17) is 0 Å². The molecule has 27 heavy (non-hydrogen) atoms. The number of anilines is 1. The maximum absolute atomic E-state index is 12.5. The largest absolute Gasteiger partial charge is 0.299 e. The first-order valence-electron chi connectivity index (χ1n) is 8.76. The van der Waals surface area contributed by atoms with Gasteiger partial charge in [0.15, 0.2) is 0 Å². The van der Waals surface area contributed by atoms with E-state index < -0.39 is 28.4 Å². The van der Waals surface area contributed by atoms with Crippen molar-refractivity contribution in [2.45, 2.75) is 42.9 Å². The fourth-order valence-corrected chi connectivity index (χ4v) is 5.93. The molecule has 4 rings (SSSR count). The average molecular weight is 406 g/mol. The van der Waals surface area contributed by atoms with Gasteiger partial charge in [-0.2, -0.15) is 0 Å². The van der Waals surface area contributed by atoms with Crippen LogP contribution in [-0.2, 0) is 14.8 Å². The van der Waals surface area contributed by atoms with Crippen LogP contribution in [0.3, 0.4) is 0 Å². The highest BCUT2D eigenvalue weighted by Crippen LogP contribution is 2.35. The minimum atomic E-state index is -4.00. The van der Waals surface area contributed by atoms with Gasteiger partial charge in [-0.25, -0.2) is 12.7 Å². The summed E-state index contributed by atoms with van der Waals surface area (Å²) in [5.41, 5.74) is 0.0841. The van der Waals surface area contributed by atoms with Crippen LogP contribution < -0.4 is 5.32 Å². The van der Waals surface area contributed by atoms with Gasteiger partial charge in [-0.05, 0) is 25.0 Å². The van der Waals surface area contributed by atoms with Crippen LogP contribution in [0.4, 0.5) is 5.13 Å². The average Bonchev–Trinajstić information content (AvgIpc) is 3.20. The summed E-state index contributed by atoms with van der Waals surface area (Å²) in [6.07, 6.45) is 5.71. The van der Waals surface area contributed by atoms with Crippen LogP contribution in [0.15, 0.2) is 29.2 Å². The van der Waals surface area contributed by atoms with Gasteiger partial charge in [0, 0.05) is 5.92 Å². The maximum Gasteiger partial charge on any atom is 0.269 e. The molecule has 142 valence electrons. The number of hydrogen-bond acceptors (Lipinski definition) is 7. The smallest absolute Gasteiger partial charge is 0.269 e. The lowest BCUT2D eigenvalue weighted by Crippen LogP contribution is -2.37. The molecule has 2 aromatic rings. The molecule has 0 atom stereocenters. The molecule has 1 aliphatic carbocycles. The van der Waals surface area contributed by atoms with Crippen molar-refractivity contribution in [3.8, 4) is 0 Å². The van der Waals surface area contributed by atoms with Crippen molar-refractivity contribution in [3.05, 3.63) is 34.8 Å². The molecule has 0 saturated heterocycles. The number of amides is 2. The maximum atomic E-state index is 12.5. The van der Waals surface area contributed by atoms with Crippen molar-refractivity contribution >= 4 is 38.3 Å². The molecule has 0 unspecified atom stereocenters. The molecular formula is C17H18N4O4S2. The zero-order valence-electron chi connectivity index (χ0n) is 14.4. The lowest BCUT2D eigenvalue weighted by molar-refractivity contribution is -0.116. The molecule has 1 aromatic heterocycles. The molecule has 10 heteroatoms. The molecule has 1 N–H and O–H groups in total. The summed E-state index contributed by atoms with van der Waals surface area (Å²) in [6, 6.07) is 5.93. The van der Waals surface area contributed by atoms with Crippen LogP contribution >= 0.6 is 11.3 Å². The second-order valence-corrected chi connectivity index (χ2v) is 9.48. The molecule has 2 amide bonds. The fraction of sp³-hybridized carbons (Fsp3) is 0.412. The Balaban J connectivity index is 1.45. The zero-order valence-corrected chi connectivity index (χ0v) is 16.1. The van der Waals surface area contributed by atoms with E-state index in [-0.39, 0.29) is 10.5 Å². The lowest BCUT2D eigenvalue weighted by atomic mass is 9.90. The lowest BCUT2D eigenvalue weighted by Gasteiger charge is -2.18. The molecule has 1 aliphatic heterocycles. The van der Waals surface area contributed by atoms with Gasteiger partial charge in [0.1, 0.15) is 16.4 Å². The highest BCUT2D eigenvalue weighted by Gasteiger charge is 2.41. The highest BCUT2D eigenvalue weighted by molar-refractivity contribution is 7.90. The van der Waals surface area contributed by atoms with Crippen molar-refractivity contribution in [1.29, 1.82) is 0 Å². The third-order valence-electron chi connectivity index (χ3n) is 4.84. The van der Waals surface area contributed by atoms with Crippen LogP contribution in [0.5, 0.6) is 0 Å². The zero-order chi connectivity index (χ0) is 19.0. The standard InChI is InChI=1S/C17H18N4O4S2/c22-14(18-17-20-19-15(26-17)11-6-2-1-3-7-11)10-21-16(23)12-8-4-5-9-13(12)27(21,24)25/h4-5,8-9,11H,1-3,6-7,10H2,(H,18,20,22). The molecule has 8 nitrogen and oxygen atoms in total. The topological polar surface area (TPSA) is 109 Å². The van der Waals surface area contributed by atoms with E-state index in [2.05, 4.69) is 15.5 Å². The van der Waals surface area contributed by atoms with E-state index in [1.54, 1.807) is 12.1 Å². The minimum Gasteiger partial charge on any atom is -0.299 e. The van der Waals surface area contributed by atoms with Crippen molar-refractivity contribution in [1.82, 2.24) is 14.5 Å². The molecule has 0 bridgehead atoms. The predicted molar refractivity (Wildman–Crippen MR) is 99.0 cm³/mol. The Morgan fingerprint density at radius 1 is 1.19 bits per heavy atom. The number of carbonyl (C=O) groups is 2. The second-order valence-electron chi connectivity index (χ2n) is 6.64. The number of rotatable bonds is 4. The number of carbonyl (C=O) groups excluding carboxylic acids is 2. The molecule has 0 spiro atoms. The quantitative estimate of drug-likeness (QED) is 0.835. The van der Waals surface area contributed by atoms with E-state index in [9.17, 15) is 18.0 Å². The Morgan fingerprint density at radius 3 is 2.67 bits per heavy atom. The predicted octanol–water partition coefficient (Wildman–Crippen LogP) is 2.37. The fourth-order valence-electron chi connectivity index (χ4n) is 3.48. The first-order valence-corrected chi connectivity index (χ1v) is 11.0. The number of aromatic nitrogens is 2. The molecule has 1 fully saturated rings. The number of hydrogen-bond donors (Lipinski definition) is 1. The number of nitrogens with one attached hydrogen (secondary N) is 1. The van der Waals surface area contributed by atoms with Gasteiger partial charge in [-0.3, -0.25) is 14.9 Å². The molecule has 2 heterocycles. The van der Waals surface area contributed by atoms with Gasteiger partial charge >= 0.3 is 0 Å². The monoisotopic (exact) mass is 406 g/mol. The molecule has 0 radical (unpaired) electrons. The summed E-state index contributed by atoms with van der Waals surface area (Å²) >= 11 is 1.31. The Morgan fingerprint density at radius 2 is 1.93 bits per heavy atom. The van der Waals surface area contributed by atoms with Gasteiger partial charge < -0.3 is 0 Å². The highest BCUT2D eigenvalue weighted by atomic mass is 32.2. The SMILES string of the molecule is O=C(CN1C(=O)c2ccccc2S1(=O)=O)Nc1nnc(C2CCCCC2)s1. The summed E-state index contributed by atoms with van der Waals surface area (Å²) in [6.45, 7) is -0.589. The first-order chi connectivity index (χ1) is 13.0. The van der Waals surface area contributed by atoms with Crippen LogP contribution in [0.2, 0.25) is 0 Å². The van der Waals surface area contributed by atoms with E-state index in [1.807, 2.05) is 0 Å². The summed E-state index contributed by atoms with van der Waals surface area (Å²) in [5.74, 6) is -0.941. The molecular weight excluding hydrogens is 388 g/mol. The third kappa shape index (κ3) is 3.34. The van der Waals surface area contributed by atoms with E-state index in [1.165, 1.54) is 42.7 Å². The number of fused-ring (bicyclic) bond motifs is 1. The number of benzene rings is 1. The van der Waals surface area contributed by atoms with Gasteiger partial charge in [0.2, 0.25) is 11.0 Å². The summed E-state index contributed by atoms with van der Waals surface area (Å²) in [4.78, 5) is 24.6. The van der Waals surface area contributed by atoms with Gasteiger partial charge in [0.05, 0.1) is 5.56 Å². The van der Waals surface area contributed by atoms with Crippen LogP contribution in [0.25, 0.3) is 0 Å². The minimum absolute atomic E-state index is 0.0710. The number of nitrogens with zero attached hydrogens (tertiary/aromatic N) is 3. The summed E-state index contributed by atoms with van der Waals surface area (Å²) in [5, 5.41) is 11.9. The van der Waals surface area contributed by atoms with Crippen LogP contribution in [0, 0.1) is 0 Å². The Labute approximate surface area is 160 Å². The van der Waals surface area contributed by atoms with Crippen molar-refractivity contribution in [2.24, 2.45) is 0 Å². The van der Waals surface area contributed by atoms with Crippen molar-refractivity contribution in [2.75, 3.05) is 11.9 Å². The number of sulfonamides is 1. The van der Waals surface area contributed by atoms with Crippen molar-refractivity contribution in [3.63, 3.8) is 0 Å². The molecule has 1 aromatic carbocycles. The summed E-state index contributed by atoms with van der Waals surface area (Å²) in [7, 11) is -4.00. The Bertz CT molecular complexity index is 996. The van der Waals surface area contributed by atoms with Gasteiger partial charge in [-0.15, -0.1) is 10.2 Å². The van der Waals surface area contributed by atoms with Crippen molar-refractivity contribution < 1.29 is 18.0 Å². The van der Waals surface area contributed by atoms with E-state index in [0.29, 0.717) is 15.4 Å². The van der Waals surface area contributed by atoms with Gasteiger partial charge in [-0.1, -0.05) is 42.7 Å².